The molecule has 0 atom stereocenters. The van der Waals surface area contributed by atoms with Gasteiger partial charge in [0.2, 0.25) is 5.91 Å². The maximum absolute atomic E-state index is 12.3. The van der Waals surface area contributed by atoms with Gasteiger partial charge in [0, 0.05) is 13.1 Å². The quantitative estimate of drug-likeness (QED) is 0.771. The smallest absolute Gasteiger partial charge is 0.324 e. The first kappa shape index (κ1) is 17.0. The molecule has 1 aromatic rings. The van der Waals surface area contributed by atoms with E-state index in [1.807, 2.05) is 32.4 Å². The van der Waals surface area contributed by atoms with Gasteiger partial charge in [-0.05, 0) is 27.2 Å². The Balaban J connectivity index is 2.00. The first-order valence-corrected chi connectivity index (χ1v) is 7.69. The van der Waals surface area contributed by atoms with Gasteiger partial charge in [-0.3, -0.25) is 19.2 Å². The number of nitrogens with one attached hydrogen (secondary N) is 2. The lowest BCUT2D eigenvalue weighted by molar-refractivity contribution is -0.124. The monoisotopic (exact) mass is 321 g/mol. The second kappa shape index (κ2) is 6.39. The number of urea groups is 1. The van der Waals surface area contributed by atoms with E-state index in [0.29, 0.717) is 12.0 Å². The van der Waals surface area contributed by atoms with Crippen molar-refractivity contribution in [2.75, 3.05) is 19.6 Å². The third-order valence-corrected chi connectivity index (χ3v) is 3.64. The molecule has 0 aliphatic carbocycles. The van der Waals surface area contributed by atoms with Crippen LogP contribution in [0.25, 0.3) is 0 Å². The molecule has 0 radical (unpaired) electrons. The number of aromatic nitrogens is 2. The minimum atomic E-state index is -0.418. The van der Waals surface area contributed by atoms with Crippen LogP contribution in [0.4, 0.5) is 4.79 Å². The van der Waals surface area contributed by atoms with Crippen LogP contribution in [0.1, 0.15) is 43.7 Å². The van der Waals surface area contributed by atoms with Crippen molar-refractivity contribution in [2.24, 2.45) is 0 Å². The zero-order valence-corrected chi connectivity index (χ0v) is 14.0. The molecule has 1 fully saturated rings. The molecule has 2 N–H and O–H groups in total. The van der Waals surface area contributed by atoms with Crippen molar-refractivity contribution < 1.29 is 14.4 Å². The molecule has 0 unspecified atom stereocenters. The van der Waals surface area contributed by atoms with Crippen LogP contribution < -0.4 is 10.6 Å². The second-order valence-corrected chi connectivity index (χ2v) is 6.40. The Bertz CT molecular complexity index is 614. The molecule has 8 nitrogen and oxygen atoms in total. The van der Waals surface area contributed by atoms with Crippen molar-refractivity contribution >= 4 is 17.8 Å². The van der Waals surface area contributed by atoms with E-state index < -0.39 is 6.03 Å². The minimum absolute atomic E-state index is 0.0190. The Morgan fingerprint density at radius 2 is 2.09 bits per heavy atom. The lowest BCUT2D eigenvalue weighted by atomic mass is 10.1. The molecule has 0 saturated carbocycles. The number of carbonyl (C=O) groups is 3. The van der Waals surface area contributed by atoms with Gasteiger partial charge in [0.1, 0.15) is 0 Å². The fourth-order valence-electron chi connectivity index (χ4n) is 2.54. The maximum Gasteiger partial charge on any atom is 0.324 e. The normalized spacial score (nSPS) is 15.0. The number of hydrogen-bond donors (Lipinski definition) is 2. The molecule has 1 saturated heterocycles. The van der Waals surface area contributed by atoms with Gasteiger partial charge in [0.05, 0.1) is 29.5 Å². The van der Waals surface area contributed by atoms with Crippen LogP contribution in [-0.4, -0.2) is 52.2 Å². The second-order valence-electron chi connectivity index (χ2n) is 6.40. The van der Waals surface area contributed by atoms with Crippen molar-refractivity contribution in [3.63, 3.8) is 0 Å². The molecule has 23 heavy (non-hydrogen) atoms. The molecule has 8 heteroatoms. The predicted molar refractivity (Wildman–Crippen MR) is 84.0 cm³/mol. The van der Waals surface area contributed by atoms with E-state index >= 15 is 0 Å². The van der Waals surface area contributed by atoms with E-state index in [2.05, 4.69) is 15.7 Å². The molecular weight excluding hydrogens is 298 g/mol. The first-order valence-electron chi connectivity index (χ1n) is 7.69. The summed E-state index contributed by atoms with van der Waals surface area (Å²) >= 11 is 0. The van der Waals surface area contributed by atoms with Crippen LogP contribution in [0.5, 0.6) is 0 Å². The van der Waals surface area contributed by atoms with Crippen LogP contribution in [0.15, 0.2) is 6.20 Å². The van der Waals surface area contributed by atoms with E-state index in [4.69, 9.17) is 0 Å². The summed E-state index contributed by atoms with van der Waals surface area (Å²) in [5.74, 6) is -0.525. The fraction of sp³-hybridized carbons (Fsp3) is 0.600. The average molecular weight is 321 g/mol. The Hall–Kier alpha value is -2.38. The molecular formula is C15H23N5O3. The van der Waals surface area contributed by atoms with Gasteiger partial charge in [0.25, 0.3) is 5.91 Å². The topological polar surface area (TPSA) is 96.3 Å². The number of nitrogens with zero attached hydrogens (tertiary/aromatic N) is 3. The van der Waals surface area contributed by atoms with Crippen molar-refractivity contribution in [1.82, 2.24) is 25.3 Å². The van der Waals surface area contributed by atoms with E-state index in [1.165, 1.54) is 0 Å². The first-order chi connectivity index (χ1) is 10.8. The SMILES string of the molecule is CCc1c(C(=O)NCCN2C(=O)CNC2=O)cnn1C(C)(C)C. The van der Waals surface area contributed by atoms with Crippen LogP contribution in [-0.2, 0) is 16.8 Å². The fourth-order valence-corrected chi connectivity index (χ4v) is 2.54. The Labute approximate surface area is 135 Å². The van der Waals surface area contributed by atoms with E-state index in [-0.39, 0.29) is 37.0 Å². The van der Waals surface area contributed by atoms with E-state index in [0.717, 1.165) is 10.6 Å². The largest absolute Gasteiger partial charge is 0.350 e. The Kier molecular flexibility index (Phi) is 4.72. The van der Waals surface area contributed by atoms with E-state index in [1.54, 1.807) is 6.20 Å². The molecule has 126 valence electrons. The van der Waals surface area contributed by atoms with Gasteiger partial charge in [0.15, 0.2) is 0 Å². The van der Waals surface area contributed by atoms with Gasteiger partial charge in [-0.15, -0.1) is 0 Å². The molecule has 1 aromatic heterocycles. The standard InChI is InChI=1S/C15H23N5O3/c1-5-11-10(8-18-20(11)15(2,3)4)13(22)16-6-7-19-12(21)9-17-14(19)23/h8H,5-7,9H2,1-4H3,(H,16,22)(H,17,23). The summed E-state index contributed by atoms with van der Waals surface area (Å²) in [5.41, 5.74) is 1.19. The summed E-state index contributed by atoms with van der Waals surface area (Å²) in [6, 6.07) is -0.418. The van der Waals surface area contributed by atoms with Crippen molar-refractivity contribution in [3.8, 4) is 0 Å². The highest BCUT2D eigenvalue weighted by Gasteiger charge is 2.28. The van der Waals surface area contributed by atoms with Crippen molar-refractivity contribution in [3.05, 3.63) is 17.5 Å². The molecule has 0 bridgehead atoms. The number of hydrogen-bond acceptors (Lipinski definition) is 4. The third kappa shape index (κ3) is 3.52. The highest BCUT2D eigenvalue weighted by molar-refractivity contribution is 6.02. The van der Waals surface area contributed by atoms with Gasteiger partial charge in [-0.1, -0.05) is 6.92 Å². The zero-order chi connectivity index (χ0) is 17.2. The average Bonchev–Trinajstić information content (AvgIpc) is 3.04. The minimum Gasteiger partial charge on any atom is -0.350 e. The molecule has 4 amide bonds. The lowest BCUT2D eigenvalue weighted by Crippen LogP contribution is -2.38. The van der Waals surface area contributed by atoms with Gasteiger partial charge in [-0.25, -0.2) is 4.79 Å². The summed E-state index contributed by atoms with van der Waals surface area (Å²) in [7, 11) is 0. The van der Waals surface area contributed by atoms with Crippen molar-refractivity contribution in [1.29, 1.82) is 0 Å². The summed E-state index contributed by atoms with van der Waals surface area (Å²) in [6.07, 6.45) is 2.25. The number of rotatable bonds is 5. The van der Waals surface area contributed by atoms with Crippen LogP contribution in [0.2, 0.25) is 0 Å². The molecule has 0 aromatic carbocycles. The number of amides is 4. The van der Waals surface area contributed by atoms with E-state index in [9.17, 15) is 14.4 Å². The zero-order valence-electron chi connectivity index (χ0n) is 14.0. The maximum atomic E-state index is 12.3. The highest BCUT2D eigenvalue weighted by Crippen LogP contribution is 2.19. The molecule has 1 aliphatic rings. The van der Waals surface area contributed by atoms with Crippen molar-refractivity contribution in [2.45, 2.75) is 39.7 Å². The number of carbonyl (C=O) groups excluding carboxylic acids is 3. The summed E-state index contributed by atoms with van der Waals surface area (Å²) in [6.45, 7) is 8.44. The Morgan fingerprint density at radius 1 is 1.39 bits per heavy atom. The molecule has 1 aliphatic heterocycles. The van der Waals surface area contributed by atoms with Gasteiger partial charge >= 0.3 is 6.03 Å². The predicted octanol–water partition coefficient (Wildman–Crippen LogP) is 0.482. The van der Waals surface area contributed by atoms with Gasteiger partial charge in [-0.2, -0.15) is 5.10 Å². The molecule has 0 spiro atoms. The van der Waals surface area contributed by atoms with Gasteiger partial charge < -0.3 is 10.6 Å². The van der Waals surface area contributed by atoms with Crippen LogP contribution in [0.3, 0.4) is 0 Å². The van der Waals surface area contributed by atoms with Crippen LogP contribution in [0, 0.1) is 0 Å². The summed E-state index contributed by atoms with van der Waals surface area (Å²) in [4.78, 5) is 36.3. The highest BCUT2D eigenvalue weighted by atomic mass is 16.2. The Morgan fingerprint density at radius 3 is 2.61 bits per heavy atom. The molecule has 2 rings (SSSR count). The molecule has 2 heterocycles. The summed E-state index contributed by atoms with van der Waals surface area (Å²) < 4.78 is 1.85. The third-order valence-electron chi connectivity index (χ3n) is 3.64. The summed E-state index contributed by atoms with van der Waals surface area (Å²) in [5, 5.41) is 9.50. The number of imide groups is 1. The lowest BCUT2D eigenvalue weighted by Gasteiger charge is -2.22. The van der Waals surface area contributed by atoms with Crippen LogP contribution >= 0.6 is 0 Å².